The molecule has 0 spiro atoms. The average Bonchev–Trinajstić information content (AvgIpc) is 3.16. The molecular weight excluding hydrogens is 318 g/mol. The summed E-state index contributed by atoms with van der Waals surface area (Å²) in [6, 6.07) is 15.5. The number of aromatic nitrogens is 4. The summed E-state index contributed by atoms with van der Waals surface area (Å²) in [4.78, 5) is 0. The quantitative estimate of drug-likeness (QED) is 0.790. The van der Waals surface area contributed by atoms with Gasteiger partial charge in [0.1, 0.15) is 17.5 Å². The van der Waals surface area contributed by atoms with Crippen LogP contribution in [0.5, 0.6) is 11.5 Å². The van der Waals surface area contributed by atoms with Crippen LogP contribution in [0.4, 0.5) is 5.95 Å². The van der Waals surface area contributed by atoms with Crippen LogP contribution in [0.15, 0.2) is 54.6 Å². The van der Waals surface area contributed by atoms with Gasteiger partial charge in [-0.1, -0.05) is 35.4 Å². The Morgan fingerprint density at radius 2 is 1.92 bits per heavy atom. The van der Waals surface area contributed by atoms with Crippen LogP contribution in [-0.4, -0.2) is 34.4 Å². The van der Waals surface area contributed by atoms with Gasteiger partial charge in [0.05, 0.1) is 14.2 Å². The monoisotopic (exact) mass is 335 g/mol. The largest absolute Gasteiger partial charge is 0.497 e. The Labute approximate surface area is 144 Å². The molecule has 0 radical (unpaired) electrons. The second-order valence-electron chi connectivity index (χ2n) is 5.57. The molecule has 0 bridgehead atoms. The minimum atomic E-state index is -0.177. The number of nitrogens with zero attached hydrogens (tertiary/aromatic N) is 4. The number of fused-ring (bicyclic) bond motifs is 1. The molecule has 1 N–H and O–H groups in total. The fourth-order valence-corrected chi connectivity index (χ4v) is 2.95. The third-order valence-corrected chi connectivity index (χ3v) is 4.17. The van der Waals surface area contributed by atoms with Crippen LogP contribution in [0.2, 0.25) is 0 Å². The van der Waals surface area contributed by atoms with E-state index in [1.807, 2.05) is 48.5 Å². The number of hydrogen-bond donors (Lipinski definition) is 1. The van der Waals surface area contributed by atoms with Crippen molar-refractivity contribution in [3.05, 3.63) is 65.7 Å². The van der Waals surface area contributed by atoms with Gasteiger partial charge in [-0.05, 0) is 34.7 Å². The molecule has 1 aromatic heterocycles. The maximum Gasteiger partial charge on any atom is 0.248 e. The molecule has 2 heterocycles. The number of ether oxygens (including phenoxy) is 2. The molecule has 1 aliphatic rings. The number of nitrogens with one attached hydrogen (secondary N) is 1. The number of tetrazole rings is 1. The predicted octanol–water partition coefficient (Wildman–Crippen LogP) is 2.75. The Hall–Kier alpha value is -3.35. The Bertz CT molecular complexity index is 934. The van der Waals surface area contributed by atoms with Crippen LogP contribution in [0, 0.1) is 0 Å². The standard InChI is InChI=1S/C18H17N5O2/c1-24-13-7-5-6-12(10-13)15-11-16(23-18(19-15)20-21-22-23)14-8-3-4-9-17(14)25-2/h3-11,16H,1-2H3,(H,19,20,22)/t16-/m0/s1. The topological polar surface area (TPSA) is 74.1 Å². The second kappa shape index (κ2) is 6.27. The molecule has 0 unspecified atom stereocenters. The van der Waals surface area contributed by atoms with Crippen LogP contribution in [-0.2, 0) is 0 Å². The van der Waals surface area contributed by atoms with Crippen molar-refractivity contribution in [1.29, 1.82) is 0 Å². The van der Waals surface area contributed by atoms with E-state index in [9.17, 15) is 0 Å². The molecule has 1 aliphatic heterocycles. The van der Waals surface area contributed by atoms with Crippen molar-refractivity contribution in [2.24, 2.45) is 0 Å². The summed E-state index contributed by atoms with van der Waals surface area (Å²) in [5.74, 6) is 2.16. The zero-order valence-corrected chi connectivity index (χ0v) is 13.9. The lowest BCUT2D eigenvalue weighted by molar-refractivity contribution is 0.403. The lowest BCUT2D eigenvalue weighted by Crippen LogP contribution is -2.20. The van der Waals surface area contributed by atoms with Crippen molar-refractivity contribution in [2.45, 2.75) is 6.04 Å². The van der Waals surface area contributed by atoms with Crippen molar-refractivity contribution < 1.29 is 9.47 Å². The minimum absolute atomic E-state index is 0.177. The molecular formula is C18H17N5O2. The number of benzene rings is 2. The summed E-state index contributed by atoms with van der Waals surface area (Å²) in [6.07, 6.45) is 2.08. The second-order valence-corrected chi connectivity index (χ2v) is 5.57. The van der Waals surface area contributed by atoms with Gasteiger partial charge in [0.15, 0.2) is 0 Å². The fraction of sp³-hybridized carbons (Fsp3) is 0.167. The predicted molar refractivity (Wildman–Crippen MR) is 93.5 cm³/mol. The van der Waals surface area contributed by atoms with Crippen LogP contribution in [0.3, 0.4) is 0 Å². The molecule has 0 amide bonds. The maximum atomic E-state index is 5.52. The molecule has 3 aromatic rings. The number of hydrogen-bond acceptors (Lipinski definition) is 6. The van der Waals surface area contributed by atoms with Gasteiger partial charge in [-0.25, -0.2) is 0 Å². The molecule has 2 aromatic carbocycles. The molecule has 7 heteroatoms. The number of para-hydroxylation sites is 1. The molecule has 1 atom stereocenters. The molecule has 25 heavy (non-hydrogen) atoms. The Morgan fingerprint density at radius 3 is 2.76 bits per heavy atom. The summed E-state index contributed by atoms with van der Waals surface area (Å²) < 4.78 is 12.6. The van der Waals surface area contributed by atoms with Gasteiger partial charge in [0.25, 0.3) is 0 Å². The Balaban J connectivity index is 1.83. The zero-order valence-electron chi connectivity index (χ0n) is 13.9. The van der Waals surface area contributed by atoms with Crippen molar-refractivity contribution in [3.8, 4) is 11.5 Å². The Morgan fingerprint density at radius 1 is 1.04 bits per heavy atom. The van der Waals surface area contributed by atoms with Gasteiger partial charge in [-0.3, -0.25) is 0 Å². The summed E-state index contributed by atoms with van der Waals surface area (Å²) in [5, 5.41) is 15.3. The third-order valence-electron chi connectivity index (χ3n) is 4.17. The van der Waals surface area contributed by atoms with Crippen LogP contribution in [0.1, 0.15) is 17.2 Å². The van der Waals surface area contributed by atoms with E-state index < -0.39 is 0 Å². The average molecular weight is 335 g/mol. The summed E-state index contributed by atoms with van der Waals surface area (Å²) >= 11 is 0. The molecule has 4 rings (SSSR count). The molecule has 0 aliphatic carbocycles. The molecule has 0 saturated carbocycles. The van der Waals surface area contributed by atoms with Gasteiger partial charge in [-0.2, -0.15) is 4.68 Å². The van der Waals surface area contributed by atoms with E-state index in [1.54, 1.807) is 18.9 Å². The summed E-state index contributed by atoms with van der Waals surface area (Å²) in [6.45, 7) is 0. The maximum absolute atomic E-state index is 5.52. The van der Waals surface area contributed by atoms with Gasteiger partial charge in [-0.15, -0.1) is 0 Å². The van der Waals surface area contributed by atoms with Crippen molar-refractivity contribution in [2.75, 3.05) is 19.5 Å². The van der Waals surface area contributed by atoms with Crippen molar-refractivity contribution in [3.63, 3.8) is 0 Å². The van der Waals surface area contributed by atoms with Crippen LogP contribution < -0.4 is 14.8 Å². The van der Waals surface area contributed by atoms with E-state index in [-0.39, 0.29) is 6.04 Å². The highest BCUT2D eigenvalue weighted by Crippen LogP contribution is 2.36. The van der Waals surface area contributed by atoms with E-state index >= 15 is 0 Å². The zero-order chi connectivity index (χ0) is 17.2. The minimum Gasteiger partial charge on any atom is -0.497 e. The van der Waals surface area contributed by atoms with E-state index in [2.05, 4.69) is 26.9 Å². The summed E-state index contributed by atoms with van der Waals surface area (Å²) in [7, 11) is 3.31. The first-order valence-electron chi connectivity index (χ1n) is 7.84. The van der Waals surface area contributed by atoms with Crippen LogP contribution >= 0.6 is 0 Å². The van der Waals surface area contributed by atoms with Gasteiger partial charge < -0.3 is 14.8 Å². The first-order valence-corrected chi connectivity index (χ1v) is 7.84. The lowest BCUT2D eigenvalue weighted by Gasteiger charge is -2.24. The highest BCUT2D eigenvalue weighted by atomic mass is 16.5. The van der Waals surface area contributed by atoms with Gasteiger partial charge in [0, 0.05) is 16.8 Å². The van der Waals surface area contributed by atoms with Crippen molar-refractivity contribution in [1.82, 2.24) is 20.2 Å². The van der Waals surface area contributed by atoms with Crippen LogP contribution in [0.25, 0.3) is 5.70 Å². The molecule has 7 nitrogen and oxygen atoms in total. The first kappa shape index (κ1) is 15.2. The van der Waals surface area contributed by atoms with Gasteiger partial charge in [0.2, 0.25) is 5.95 Å². The van der Waals surface area contributed by atoms with E-state index in [0.29, 0.717) is 5.95 Å². The van der Waals surface area contributed by atoms with Crippen molar-refractivity contribution >= 4 is 11.6 Å². The molecule has 126 valence electrons. The smallest absolute Gasteiger partial charge is 0.248 e. The fourth-order valence-electron chi connectivity index (χ4n) is 2.95. The number of rotatable bonds is 4. The van der Waals surface area contributed by atoms with E-state index in [1.165, 1.54) is 0 Å². The number of allylic oxidation sites excluding steroid dienone is 1. The molecule has 0 fully saturated rings. The number of anilines is 1. The number of methoxy groups -OCH3 is 2. The Kier molecular flexibility index (Phi) is 3.81. The normalized spacial score (nSPS) is 15.8. The highest BCUT2D eigenvalue weighted by molar-refractivity contribution is 5.77. The highest BCUT2D eigenvalue weighted by Gasteiger charge is 2.26. The first-order chi connectivity index (χ1) is 12.3. The molecule has 0 saturated heterocycles. The SMILES string of the molecule is COc1cccc(C2=C[C@@H](c3ccccc3OC)n3nnnc3N2)c1. The third kappa shape index (κ3) is 2.69. The summed E-state index contributed by atoms with van der Waals surface area (Å²) in [5.41, 5.74) is 2.89. The van der Waals surface area contributed by atoms with E-state index in [0.717, 1.165) is 28.3 Å². The lowest BCUT2D eigenvalue weighted by atomic mass is 10.0. The van der Waals surface area contributed by atoms with E-state index in [4.69, 9.17) is 9.47 Å². The van der Waals surface area contributed by atoms with Gasteiger partial charge >= 0.3 is 0 Å².